The van der Waals surface area contributed by atoms with Gasteiger partial charge in [-0.25, -0.2) is 4.39 Å². The number of allylic oxidation sites excluding steroid dienone is 1. The number of halogens is 1. The van der Waals surface area contributed by atoms with Crippen LogP contribution in [0.3, 0.4) is 0 Å². The van der Waals surface area contributed by atoms with Crippen molar-refractivity contribution in [1.82, 2.24) is 0 Å². The van der Waals surface area contributed by atoms with Crippen molar-refractivity contribution in [3.63, 3.8) is 0 Å². The summed E-state index contributed by atoms with van der Waals surface area (Å²) in [6, 6.07) is 16.1. The average molecular weight is 237 g/mol. The molecule has 2 aromatic rings. The van der Waals surface area contributed by atoms with Gasteiger partial charge in [-0.15, -0.1) is 0 Å². The van der Waals surface area contributed by atoms with E-state index in [1.807, 2.05) is 37.3 Å². The maximum absolute atomic E-state index is 13.6. The Kier molecular flexibility index (Phi) is 3.54. The zero-order chi connectivity index (χ0) is 13.0. The van der Waals surface area contributed by atoms with Crippen LogP contribution in [0.5, 0.6) is 0 Å². The number of aryl methyl sites for hydroxylation is 1. The van der Waals surface area contributed by atoms with Gasteiger partial charge in [0, 0.05) is 5.56 Å². The fourth-order valence-electron chi connectivity index (χ4n) is 1.68. The molecule has 0 amide bonds. The predicted molar refractivity (Wildman–Crippen MR) is 71.1 cm³/mol. The zero-order valence-corrected chi connectivity index (χ0v) is 10.0. The Morgan fingerprint density at radius 3 is 2.39 bits per heavy atom. The van der Waals surface area contributed by atoms with Crippen molar-refractivity contribution in [3.8, 4) is 6.07 Å². The molecule has 0 aromatic heterocycles. The lowest BCUT2D eigenvalue weighted by Gasteiger charge is -2.01. The van der Waals surface area contributed by atoms with Crippen LogP contribution in [0.2, 0.25) is 0 Å². The van der Waals surface area contributed by atoms with E-state index in [1.54, 1.807) is 24.3 Å². The standard InChI is InChI=1S/C16H12FN/c1-12-6-8-13(9-7-12)10-14(11-18)15-4-2-3-5-16(15)17/h2-10H,1H3. The number of hydrogen-bond acceptors (Lipinski definition) is 1. The van der Waals surface area contributed by atoms with Crippen LogP contribution >= 0.6 is 0 Å². The molecule has 18 heavy (non-hydrogen) atoms. The number of benzene rings is 2. The largest absolute Gasteiger partial charge is 0.206 e. The summed E-state index contributed by atoms with van der Waals surface area (Å²) in [5.74, 6) is -0.377. The first-order valence-electron chi connectivity index (χ1n) is 5.64. The molecule has 0 saturated heterocycles. The summed E-state index contributed by atoms with van der Waals surface area (Å²) in [4.78, 5) is 0. The second-order valence-corrected chi connectivity index (χ2v) is 4.06. The zero-order valence-electron chi connectivity index (χ0n) is 10.0. The molecule has 0 unspecified atom stereocenters. The Morgan fingerprint density at radius 2 is 1.78 bits per heavy atom. The van der Waals surface area contributed by atoms with E-state index in [0.29, 0.717) is 11.1 Å². The van der Waals surface area contributed by atoms with Gasteiger partial charge in [-0.3, -0.25) is 0 Å². The second kappa shape index (κ2) is 5.29. The topological polar surface area (TPSA) is 23.8 Å². The van der Waals surface area contributed by atoms with Gasteiger partial charge in [0.05, 0.1) is 11.6 Å². The Balaban J connectivity index is 2.44. The maximum Gasteiger partial charge on any atom is 0.131 e. The van der Waals surface area contributed by atoms with Crippen molar-refractivity contribution in [2.75, 3.05) is 0 Å². The van der Waals surface area contributed by atoms with E-state index in [1.165, 1.54) is 6.07 Å². The van der Waals surface area contributed by atoms with Crippen molar-refractivity contribution < 1.29 is 4.39 Å². The monoisotopic (exact) mass is 237 g/mol. The van der Waals surface area contributed by atoms with E-state index in [2.05, 4.69) is 0 Å². The van der Waals surface area contributed by atoms with Crippen molar-refractivity contribution in [1.29, 1.82) is 5.26 Å². The number of rotatable bonds is 2. The minimum Gasteiger partial charge on any atom is -0.206 e. The molecule has 0 atom stereocenters. The van der Waals surface area contributed by atoms with Gasteiger partial charge >= 0.3 is 0 Å². The highest BCUT2D eigenvalue weighted by atomic mass is 19.1. The highest BCUT2D eigenvalue weighted by Gasteiger charge is 2.06. The normalized spacial score (nSPS) is 11.1. The summed E-state index contributed by atoms with van der Waals surface area (Å²) in [5.41, 5.74) is 2.70. The molecule has 2 rings (SSSR count). The highest BCUT2D eigenvalue weighted by molar-refractivity contribution is 5.89. The number of nitriles is 1. The molecule has 0 aliphatic heterocycles. The fourth-order valence-corrected chi connectivity index (χ4v) is 1.68. The third kappa shape index (κ3) is 2.64. The van der Waals surface area contributed by atoms with E-state index < -0.39 is 0 Å². The summed E-state index contributed by atoms with van der Waals surface area (Å²) in [6.07, 6.45) is 1.69. The number of nitrogens with zero attached hydrogens (tertiary/aromatic N) is 1. The highest BCUT2D eigenvalue weighted by Crippen LogP contribution is 2.20. The van der Waals surface area contributed by atoms with Crippen LogP contribution in [0.1, 0.15) is 16.7 Å². The smallest absolute Gasteiger partial charge is 0.131 e. The number of hydrogen-bond donors (Lipinski definition) is 0. The molecule has 0 spiro atoms. The van der Waals surface area contributed by atoms with Gasteiger partial charge in [-0.1, -0.05) is 48.0 Å². The van der Waals surface area contributed by atoms with Crippen molar-refractivity contribution >= 4 is 11.6 Å². The first-order chi connectivity index (χ1) is 8.70. The van der Waals surface area contributed by atoms with Crippen molar-refractivity contribution in [2.45, 2.75) is 6.92 Å². The summed E-state index contributed by atoms with van der Waals surface area (Å²) in [5, 5.41) is 9.13. The first-order valence-corrected chi connectivity index (χ1v) is 5.64. The van der Waals surface area contributed by atoms with E-state index in [0.717, 1.165) is 11.1 Å². The van der Waals surface area contributed by atoms with Crippen LogP contribution in [0.15, 0.2) is 48.5 Å². The summed E-state index contributed by atoms with van der Waals surface area (Å²) < 4.78 is 13.6. The quantitative estimate of drug-likeness (QED) is 0.567. The Morgan fingerprint density at radius 1 is 1.11 bits per heavy atom. The van der Waals surface area contributed by atoms with E-state index >= 15 is 0 Å². The summed E-state index contributed by atoms with van der Waals surface area (Å²) in [6.45, 7) is 2.00. The van der Waals surface area contributed by atoms with Crippen LogP contribution in [-0.4, -0.2) is 0 Å². The molecule has 0 aliphatic carbocycles. The van der Waals surface area contributed by atoms with Gasteiger partial charge in [-0.05, 0) is 24.6 Å². The van der Waals surface area contributed by atoms with Crippen LogP contribution in [0.4, 0.5) is 4.39 Å². The molecule has 0 N–H and O–H groups in total. The van der Waals surface area contributed by atoms with E-state index in [-0.39, 0.29) is 5.82 Å². The maximum atomic E-state index is 13.6. The lowest BCUT2D eigenvalue weighted by atomic mass is 10.0. The van der Waals surface area contributed by atoms with Gasteiger partial charge in [0.15, 0.2) is 0 Å². The second-order valence-electron chi connectivity index (χ2n) is 4.06. The predicted octanol–water partition coefficient (Wildman–Crippen LogP) is 4.20. The van der Waals surface area contributed by atoms with Crippen LogP contribution < -0.4 is 0 Å². The van der Waals surface area contributed by atoms with Crippen LogP contribution in [0.25, 0.3) is 11.6 Å². The molecule has 1 nitrogen and oxygen atoms in total. The van der Waals surface area contributed by atoms with Gasteiger partial charge < -0.3 is 0 Å². The lowest BCUT2D eigenvalue weighted by molar-refractivity contribution is 0.624. The molecule has 2 aromatic carbocycles. The fraction of sp³-hybridized carbons (Fsp3) is 0.0625. The molecule has 0 radical (unpaired) electrons. The Labute approximate surface area is 106 Å². The minimum absolute atomic E-state index is 0.331. The summed E-state index contributed by atoms with van der Waals surface area (Å²) in [7, 11) is 0. The minimum atomic E-state index is -0.377. The average Bonchev–Trinajstić information content (AvgIpc) is 2.39. The van der Waals surface area contributed by atoms with E-state index in [4.69, 9.17) is 5.26 Å². The van der Waals surface area contributed by atoms with Gasteiger partial charge in [0.1, 0.15) is 5.82 Å². The van der Waals surface area contributed by atoms with E-state index in [9.17, 15) is 4.39 Å². The van der Waals surface area contributed by atoms with Crippen LogP contribution in [0, 0.1) is 24.1 Å². The molecular weight excluding hydrogens is 225 g/mol. The Hall–Kier alpha value is -2.40. The molecular formula is C16H12FN. The Bertz CT molecular complexity index is 618. The molecule has 0 fully saturated rings. The van der Waals surface area contributed by atoms with Gasteiger partial charge in [-0.2, -0.15) is 5.26 Å². The third-order valence-electron chi connectivity index (χ3n) is 2.67. The molecule has 2 heteroatoms. The molecule has 0 aliphatic rings. The molecule has 88 valence electrons. The molecule has 0 bridgehead atoms. The van der Waals surface area contributed by atoms with Crippen molar-refractivity contribution in [2.24, 2.45) is 0 Å². The SMILES string of the molecule is Cc1ccc(C=C(C#N)c2ccccc2F)cc1. The van der Waals surface area contributed by atoms with Gasteiger partial charge in [0.2, 0.25) is 0 Å². The summed E-state index contributed by atoms with van der Waals surface area (Å²) >= 11 is 0. The third-order valence-corrected chi connectivity index (χ3v) is 2.67. The molecule has 0 heterocycles. The molecule has 0 saturated carbocycles. The van der Waals surface area contributed by atoms with Crippen LogP contribution in [-0.2, 0) is 0 Å². The van der Waals surface area contributed by atoms with Crippen molar-refractivity contribution in [3.05, 3.63) is 71.0 Å². The van der Waals surface area contributed by atoms with Gasteiger partial charge in [0.25, 0.3) is 0 Å². The first kappa shape index (κ1) is 12.1. The lowest BCUT2D eigenvalue weighted by Crippen LogP contribution is -1.87.